The van der Waals surface area contributed by atoms with Crippen LogP contribution in [0, 0.1) is 5.82 Å². The minimum Gasteiger partial charge on any atom is -0.484 e. The standard InChI is InChI=1S/C42H48FN9O4/c1-27-11-8-9-22-49(27)40-46-45-38-19-15-30(25-50(38)40)56-36-18-17-35(31-12-6-7-13-32(31)36)44-41(54)52(55-26-53)39-24-37(42(3,4)5)47-51(39)29-14-16-34(43)33(23-29)28(2)48-20-10-21-48/h6-7,10,12-16,19-20,23-28,35-36H,8-9,11,17-18,21-22H2,1-5H3,(H,44,54)/t27-,28?,35-,36+/m0/s1. The lowest BCUT2D eigenvalue weighted by Gasteiger charge is -2.34. The highest BCUT2D eigenvalue weighted by Crippen LogP contribution is 2.40. The maximum absolute atomic E-state index is 15.2. The van der Waals surface area contributed by atoms with Crippen molar-refractivity contribution in [2.24, 2.45) is 0 Å². The van der Waals surface area contributed by atoms with Crippen LogP contribution in [-0.2, 0) is 15.0 Å². The summed E-state index contributed by atoms with van der Waals surface area (Å²) < 4.78 is 25.4. The number of aromatic nitrogens is 5. The summed E-state index contributed by atoms with van der Waals surface area (Å²) in [6, 6.07) is 17.3. The highest BCUT2D eigenvalue weighted by atomic mass is 19.1. The Morgan fingerprint density at radius 1 is 1.04 bits per heavy atom. The van der Waals surface area contributed by atoms with Crippen molar-refractivity contribution in [3.05, 3.63) is 107 Å². The van der Waals surface area contributed by atoms with Crippen molar-refractivity contribution < 1.29 is 23.6 Å². The van der Waals surface area contributed by atoms with E-state index in [-0.39, 0.29) is 30.3 Å². The number of carbonyl (C=O) groups excluding carboxylic acids is 2. The molecule has 1 unspecified atom stereocenters. The van der Waals surface area contributed by atoms with Crippen molar-refractivity contribution in [2.45, 2.75) is 96.4 Å². The Morgan fingerprint density at radius 3 is 2.57 bits per heavy atom. The lowest BCUT2D eigenvalue weighted by molar-refractivity contribution is -0.129. The first-order valence-corrected chi connectivity index (χ1v) is 19.4. The van der Waals surface area contributed by atoms with Crippen LogP contribution in [0.3, 0.4) is 0 Å². The number of hydrogen-bond acceptors (Lipinski definition) is 9. The maximum atomic E-state index is 15.2. The predicted molar refractivity (Wildman–Crippen MR) is 210 cm³/mol. The zero-order valence-electron chi connectivity index (χ0n) is 32.4. The molecule has 3 aliphatic rings. The number of piperidine rings is 1. The molecule has 2 amide bonds. The molecule has 0 saturated carbocycles. The molecule has 0 bridgehead atoms. The fourth-order valence-corrected chi connectivity index (χ4v) is 7.91. The summed E-state index contributed by atoms with van der Waals surface area (Å²) in [5.74, 6) is 1.36. The van der Waals surface area contributed by atoms with Gasteiger partial charge in [0.25, 0.3) is 0 Å². The van der Waals surface area contributed by atoms with Gasteiger partial charge in [0, 0.05) is 36.2 Å². The van der Waals surface area contributed by atoms with Crippen LogP contribution in [0.15, 0.2) is 79.1 Å². The number of fused-ring (bicyclic) bond motifs is 2. The van der Waals surface area contributed by atoms with Crippen LogP contribution in [0.2, 0.25) is 0 Å². The van der Waals surface area contributed by atoms with E-state index in [1.807, 2.05) is 91.9 Å². The molecule has 2 aliphatic heterocycles. The minimum atomic E-state index is -0.656. The Morgan fingerprint density at radius 2 is 1.84 bits per heavy atom. The molecule has 1 saturated heterocycles. The van der Waals surface area contributed by atoms with Crippen molar-refractivity contribution in [3.8, 4) is 11.4 Å². The summed E-state index contributed by atoms with van der Waals surface area (Å²) in [4.78, 5) is 36.0. The van der Waals surface area contributed by atoms with E-state index < -0.39 is 17.5 Å². The van der Waals surface area contributed by atoms with Crippen LogP contribution >= 0.6 is 0 Å². The van der Waals surface area contributed by atoms with Gasteiger partial charge in [-0.3, -0.25) is 9.20 Å². The number of nitrogens with one attached hydrogen (secondary N) is 1. The summed E-state index contributed by atoms with van der Waals surface area (Å²) in [7, 11) is 0. The zero-order valence-corrected chi connectivity index (χ0v) is 32.4. The number of nitrogens with zero attached hydrogens (tertiary/aromatic N) is 8. The number of halogens is 1. The Bertz CT molecular complexity index is 2280. The minimum absolute atomic E-state index is 0.196. The average molecular weight is 762 g/mol. The number of hydrogen-bond donors (Lipinski definition) is 1. The Kier molecular flexibility index (Phi) is 9.89. The second-order valence-corrected chi connectivity index (χ2v) is 16.0. The number of carbonyl (C=O) groups is 2. The molecule has 4 atom stereocenters. The van der Waals surface area contributed by atoms with Crippen LogP contribution in [0.4, 0.5) is 21.0 Å². The first-order chi connectivity index (χ1) is 27.0. The Balaban J connectivity index is 1.06. The monoisotopic (exact) mass is 761 g/mol. The van der Waals surface area contributed by atoms with Crippen LogP contribution in [0.5, 0.6) is 5.75 Å². The predicted octanol–water partition coefficient (Wildman–Crippen LogP) is 7.88. The third-order valence-electron chi connectivity index (χ3n) is 11.2. The molecule has 5 aromatic rings. The molecule has 0 radical (unpaired) electrons. The topological polar surface area (TPSA) is 122 Å². The van der Waals surface area contributed by atoms with E-state index >= 15 is 4.39 Å². The van der Waals surface area contributed by atoms with Crippen molar-refractivity contribution >= 4 is 29.9 Å². The second-order valence-electron chi connectivity index (χ2n) is 16.0. The molecule has 5 heterocycles. The third kappa shape index (κ3) is 7.03. The molecule has 3 aromatic heterocycles. The van der Waals surface area contributed by atoms with Gasteiger partial charge in [0.1, 0.15) is 17.7 Å². The van der Waals surface area contributed by atoms with Gasteiger partial charge in [-0.2, -0.15) is 5.10 Å². The van der Waals surface area contributed by atoms with Crippen LogP contribution < -0.4 is 20.0 Å². The first-order valence-electron chi connectivity index (χ1n) is 19.4. The number of anilines is 2. The van der Waals surface area contributed by atoms with Gasteiger partial charge in [0.15, 0.2) is 11.5 Å². The van der Waals surface area contributed by atoms with Gasteiger partial charge in [-0.15, -0.1) is 15.3 Å². The Labute approximate surface area is 325 Å². The number of hydroxylamine groups is 1. The molecule has 56 heavy (non-hydrogen) atoms. The van der Waals surface area contributed by atoms with Crippen molar-refractivity contribution in [3.63, 3.8) is 0 Å². The summed E-state index contributed by atoms with van der Waals surface area (Å²) in [5.41, 5.74) is 3.82. The molecule has 1 aliphatic carbocycles. The van der Waals surface area contributed by atoms with Crippen molar-refractivity contribution in [1.29, 1.82) is 0 Å². The second kappa shape index (κ2) is 15.0. The van der Waals surface area contributed by atoms with Crippen molar-refractivity contribution in [1.82, 2.24) is 34.6 Å². The third-order valence-corrected chi connectivity index (χ3v) is 11.2. The molecule has 1 fully saturated rings. The summed E-state index contributed by atoms with van der Waals surface area (Å²) in [6.07, 6.45) is 10.3. The molecule has 0 spiro atoms. The molecule has 14 heteroatoms. The van der Waals surface area contributed by atoms with Crippen LogP contribution in [-0.4, -0.2) is 60.9 Å². The number of benzene rings is 2. The average Bonchev–Trinajstić information content (AvgIpc) is 3.80. The van der Waals surface area contributed by atoms with Gasteiger partial charge in [0.2, 0.25) is 5.95 Å². The number of amides is 2. The number of rotatable bonds is 10. The van der Waals surface area contributed by atoms with Gasteiger partial charge in [-0.25, -0.2) is 13.9 Å². The van der Waals surface area contributed by atoms with Gasteiger partial charge in [0.05, 0.1) is 29.7 Å². The molecule has 2 aromatic carbocycles. The van der Waals surface area contributed by atoms with E-state index in [9.17, 15) is 9.59 Å². The first kappa shape index (κ1) is 37.0. The van der Waals surface area contributed by atoms with Gasteiger partial charge in [-0.1, -0.05) is 45.0 Å². The largest absolute Gasteiger partial charge is 0.484 e. The van der Waals surface area contributed by atoms with Gasteiger partial charge < -0.3 is 24.7 Å². The smallest absolute Gasteiger partial charge is 0.357 e. The molecule has 1 N–H and O–H groups in total. The highest BCUT2D eigenvalue weighted by Gasteiger charge is 2.34. The van der Waals surface area contributed by atoms with E-state index in [1.165, 1.54) is 17.2 Å². The lowest BCUT2D eigenvalue weighted by atomic mass is 9.85. The molecule has 13 nitrogen and oxygen atoms in total. The summed E-state index contributed by atoms with van der Waals surface area (Å²) in [6.45, 7) is 12.0. The molecular weight excluding hydrogens is 714 g/mol. The van der Waals surface area contributed by atoms with E-state index in [2.05, 4.69) is 27.3 Å². The van der Waals surface area contributed by atoms with E-state index in [0.29, 0.717) is 41.6 Å². The summed E-state index contributed by atoms with van der Waals surface area (Å²) >= 11 is 0. The maximum Gasteiger partial charge on any atom is 0.357 e. The Hall–Kier alpha value is -5.92. The molecule has 8 rings (SSSR count). The molecular formula is C42H48FN9O4. The normalized spacial score (nSPS) is 19.9. The quantitative estimate of drug-likeness (QED) is 0.112. The van der Waals surface area contributed by atoms with E-state index in [1.54, 1.807) is 18.2 Å². The van der Waals surface area contributed by atoms with Gasteiger partial charge >= 0.3 is 12.5 Å². The fraction of sp³-hybridized carbons (Fsp3) is 0.405. The van der Waals surface area contributed by atoms with Crippen LogP contribution in [0.25, 0.3) is 11.3 Å². The SMILES string of the molecule is CC(c1cc(-n2nc(C(C)(C)C)cc2N(OC=O)C(=O)N[C@H]2CC[C@@H](Oc3ccc4nnc(N5CCCC[C@@H]5C)n4c3)c3ccccc32)ccc1F)N1C=CC1. The van der Waals surface area contributed by atoms with Gasteiger partial charge in [-0.05, 0) is 99.7 Å². The van der Waals surface area contributed by atoms with E-state index in [0.717, 1.165) is 53.7 Å². The number of pyridine rings is 1. The number of ether oxygens (including phenoxy) is 1. The zero-order chi connectivity index (χ0) is 39.1. The lowest BCUT2D eigenvalue weighted by Crippen LogP contribution is -2.43. The summed E-state index contributed by atoms with van der Waals surface area (Å²) in [5, 5.41) is 17.8. The molecule has 292 valence electrons. The van der Waals surface area contributed by atoms with Crippen molar-refractivity contribution in [2.75, 3.05) is 23.1 Å². The number of urea groups is 1. The fourth-order valence-electron chi connectivity index (χ4n) is 7.91. The van der Waals surface area contributed by atoms with Crippen LogP contribution in [0.1, 0.15) is 107 Å². The van der Waals surface area contributed by atoms with E-state index in [4.69, 9.17) is 14.7 Å². The highest BCUT2D eigenvalue weighted by molar-refractivity contribution is 5.90.